The largest absolute Gasteiger partial charge is 0.351 e. The highest BCUT2D eigenvalue weighted by Crippen LogP contribution is 2.14. The van der Waals surface area contributed by atoms with Crippen LogP contribution in [0.4, 0.5) is 16.2 Å². The fraction of sp³-hybridized carbons (Fsp3) is 0. The summed E-state index contributed by atoms with van der Waals surface area (Å²) in [4.78, 5) is 35.8. The van der Waals surface area contributed by atoms with E-state index in [0.29, 0.717) is 16.9 Å². The topological polar surface area (TPSA) is 117 Å². The van der Waals surface area contributed by atoms with Gasteiger partial charge < -0.3 is 21.4 Å². The van der Waals surface area contributed by atoms with E-state index in [2.05, 4.69) is 15.6 Å². The van der Waals surface area contributed by atoms with E-state index in [-0.39, 0.29) is 11.5 Å². The summed E-state index contributed by atoms with van der Waals surface area (Å²) in [6, 6.07) is 8.49. The van der Waals surface area contributed by atoms with Crippen molar-refractivity contribution in [3.8, 4) is 0 Å². The van der Waals surface area contributed by atoms with Crippen molar-refractivity contribution in [3.63, 3.8) is 0 Å². The normalized spacial score (nSPS) is 9.80. The lowest BCUT2D eigenvalue weighted by molar-refractivity contribution is 0.102. The lowest BCUT2D eigenvalue weighted by Crippen LogP contribution is -2.19. The first-order chi connectivity index (χ1) is 9.54. The highest BCUT2D eigenvalue weighted by atomic mass is 16.2. The van der Waals surface area contributed by atoms with Gasteiger partial charge in [0.1, 0.15) is 0 Å². The van der Waals surface area contributed by atoms with E-state index in [1.54, 1.807) is 24.3 Å². The number of nitrogens with two attached hydrogens (primary N) is 1. The van der Waals surface area contributed by atoms with Crippen molar-refractivity contribution < 1.29 is 9.59 Å². The molecule has 0 saturated heterocycles. The summed E-state index contributed by atoms with van der Waals surface area (Å²) in [7, 11) is 0. The zero-order valence-corrected chi connectivity index (χ0v) is 10.3. The van der Waals surface area contributed by atoms with Gasteiger partial charge in [0.15, 0.2) is 0 Å². The molecular weight excluding hydrogens is 260 g/mol. The van der Waals surface area contributed by atoms with E-state index in [1.165, 1.54) is 18.3 Å². The molecule has 5 N–H and O–H groups in total. The van der Waals surface area contributed by atoms with Gasteiger partial charge in [0.25, 0.3) is 5.91 Å². The highest BCUT2D eigenvalue weighted by Gasteiger charge is 2.06. The van der Waals surface area contributed by atoms with Crippen molar-refractivity contribution in [2.75, 3.05) is 10.6 Å². The number of H-pyrrole nitrogens is 1. The molecule has 0 saturated carbocycles. The van der Waals surface area contributed by atoms with Gasteiger partial charge in [-0.15, -0.1) is 0 Å². The predicted molar refractivity (Wildman–Crippen MR) is 74.7 cm³/mol. The second-order valence-corrected chi connectivity index (χ2v) is 3.96. The number of carbonyl (C=O) groups is 2. The van der Waals surface area contributed by atoms with Crippen molar-refractivity contribution in [1.29, 1.82) is 0 Å². The Kier molecular flexibility index (Phi) is 3.80. The van der Waals surface area contributed by atoms with E-state index >= 15 is 0 Å². The molecular formula is C13H12N4O3. The molecule has 1 heterocycles. The first-order valence-corrected chi connectivity index (χ1v) is 5.71. The summed E-state index contributed by atoms with van der Waals surface area (Å²) in [5.41, 5.74) is 6.12. The number of carbonyl (C=O) groups excluding carboxylic acids is 2. The fourth-order valence-electron chi connectivity index (χ4n) is 1.53. The van der Waals surface area contributed by atoms with Crippen molar-refractivity contribution in [3.05, 3.63) is 58.5 Å². The summed E-state index contributed by atoms with van der Waals surface area (Å²) in [5.74, 6) is -0.350. The van der Waals surface area contributed by atoms with Crippen LogP contribution < -0.4 is 21.9 Å². The maximum atomic E-state index is 11.9. The van der Waals surface area contributed by atoms with Crippen LogP contribution in [0.1, 0.15) is 10.4 Å². The predicted octanol–water partition coefficient (Wildman–Crippen LogP) is 1.12. The molecule has 1 aromatic heterocycles. The Labute approximate surface area is 113 Å². The Bertz CT molecular complexity index is 671. The van der Waals surface area contributed by atoms with Gasteiger partial charge in [-0.25, -0.2) is 4.79 Å². The number of pyridine rings is 1. The van der Waals surface area contributed by atoms with E-state index in [0.717, 1.165) is 0 Å². The quantitative estimate of drug-likeness (QED) is 0.670. The standard InChI is InChI=1S/C13H12N4O3/c14-13(20)17-10-4-2-9(3-5-10)16-12(19)8-1-6-11(18)15-7-8/h1-7H,(H,15,18)(H,16,19)(H3,14,17,20). The Balaban J connectivity index is 2.06. The summed E-state index contributed by atoms with van der Waals surface area (Å²) in [6.07, 6.45) is 1.33. The summed E-state index contributed by atoms with van der Waals surface area (Å²) < 4.78 is 0. The van der Waals surface area contributed by atoms with Crippen LogP contribution in [0.5, 0.6) is 0 Å². The molecule has 0 bridgehead atoms. The third-order valence-electron chi connectivity index (χ3n) is 2.46. The molecule has 0 aliphatic carbocycles. The van der Waals surface area contributed by atoms with Gasteiger partial charge in [-0.3, -0.25) is 9.59 Å². The minimum absolute atomic E-state index is 0.275. The van der Waals surface area contributed by atoms with Gasteiger partial charge in [0, 0.05) is 23.6 Å². The second-order valence-electron chi connectivity index (χ2n) is 3.96. The van der Waals surface area contributed by atoms with Crippen molar-refractivity contribution in [1.82, 2.24) is 4.98 Å². The SMILES string of the molecule is NC(=O)Nc1ccc(NC(=O)c2ccc(=O)[nH]c2)cc1. The number of benzene rings is 1. The van der Waals surface area contributed by atoms with Crippen LogP contribution in [0.2, 0.25) is 0 Å². The van der Waals surface area contributed by atoms with E-state index < -0.39 is 6.03 Å². The molecule has 3 amide bonds. The Hall–Kier alpha value is -3.09. The summed E-state index contributed by atoms with van der Waals surface area (Å²) >= 11 is 0. The molecule has 20 heavy (non-hydrogen) atoms. The maximum Gasteiger partial charge on any atom is 0.316 e. The van der Waals surface area contributed by atoms with Crippen molar-refractivity contribution >= 4 is 23.3 Å². The van der Waals surface area contributed by atoms with Crippen LogP contribution in [0.3, 0.4) is 0 Å². The lowest BCUT2D eigenvalue weighted by Gasteiger charge is -2.06. The Morgan fingerprint density at radius 3 is 2.05 bits per heavy atom. The average molecular weight is 272 g/mol. The number of amides is 3. The minimum Gasteiger partial charge on any atom is -0.351 e. The molecule has 1 aromatic carbocycles. The average Bonchev–Trinajstić information content (AvgIpc) is 2.41. The molecule has 7 nitrogen and oxygen atoms in total. The molecule has 0 atom stereocenters. The number of nitrogens with one attached hydrogen (secondary N) is 3. The zero-order chi connectivity index (χ0) is 14.5. The summed E-state index contributed by atoms with van der Waals surface area (Å²) in [6.45, 7) is 0. The van der Waals surface area contributed by atoms with Gasteiger partial charge in [0.2, 0.25) is 5.56 Å². The highest BCUT2D eigenvalue weighted by molar-refractivity contribution is 6.04. The van der Waals surface area contributed by atoms with Crippen LogP contribution in [-0.2, 0) is 0 Å². The van der Waals surface area contributed by atoms with Gasteiger partial charge in [-0.2, -0.15) is 0 Å². The van der Waals surface area contributed by atoms with E-state index in [9.17, 15) is 14.4 Å². The van der Waals surface area contributed by atoms with Crippen LogP contribution >= 0.6 is 0 Å². The fourth-order valence-corrected chi connectivity index (χ4v) is 1.53. The third-order valence-corrected chi connectivity index (χ3v) is 2.46. The van der Waals surface area contributed by atoms with Crippen LogP contribution in [-0.4, -0.2) is 16.9 Å². The minimum atomic E-state index is -0.657. The third kappa shape index (κ3) is 3.45. The number of urea groups is 1. The molecule has 0 unspecified atom stereocenters. The molecule has 0 fully saturated rings. The number of primary amides is 1. The lowest BCUT2D eigenvalue weighted by atomic mass is 10.2. The number of hydrogen-bond donors (Lipinski definition) is 4. The van der Waals surface area contributed by atoms with Gasteiger partial charge in [-0.05, 0) is 30.3 Å². The number of anilines is 2. The molecule has 0 spiro atoms. The molecule has 0 radical (unpaired) electrons. The number of aromatic amines is 1. The molecule has 0 aliphatic heterocycles. The zero-order valence-electron chi connectivity index (χ0n) is 10.3. The first kappa shape index (κ1) is 13.3. The molecule has 102 valence electrons. The molecule has 2 aromatic rings. The molecule has 7 heteroatoms. The molecule has 0 aliphatic rings. The Morgan fingerprint density at radius 1 is 0.950 bits per heavy atom. The van der Waals surface area contributed by atoms with E-state index in [1.807, 2.05) is 0 Å². The monoisotopic (exact) mass is 272 g/mol. The first-order valence-electron chi connectivity index (χ1n) is 5.71. The van der Waals surface area contributed by atoms with Gasteiger partial charge in [0.05, 0.1) is 5.56 Å². The summed E-state index contributed by atoms with van der Waals surface area (Å²) in [5, 5.41) is 5.06. The number of rotatable bonds is 3. The van der Waals surface area contributed by atoms with Gasteiger partial charge >= 0.3 is 6.03 Å². The number of hydrogen-bond acceptors (Lipinski definition) is 3. The van der Waals surface area contributed by atoms with Crippen LogP contribution in [0.15, 0.2) is 47.4 Å². The number of aromatic nitrogens is 1. The maximum absolute atomic E-state index is 11.9. The smallest absolute Gasteiger partial charge is 0.316 e. The molecule has 2 rings (SSSR count). The van der Waals surface area contributed by atoms with E-state index in [4.69, 9.17) is 5.73 Å². The Morgan fingerprint density at radius 2 is 1.55 bits per heavy atom. The van der Waals surface area contributed by atoms with Crippen LogP contribution in [0.25, 0.3) is 0 Å². The second kappa shape index (κ2) is 5.70. The van der Waals surface area contributed by atoms with Crippen molar-refractivity contribution in [2.45, 2.75) is 0 Å². The van der Waals surface area contributed by atoms with Crippen LogP contribution in [0, 0.1) is 0 Å². The van der Waals surface area contributed by atoms with Gasteiger partial charge in [-0.1, -0.05) is 0 Å². The van der Waals surface area contributed by atoms with Crippen molar-refractivity contribution in [2.24, 2.45) is 5.73 Å².